The zero-order chi connectivity index (χ0) is 30.2. The molecule has 220 valence electrons. The first-order chi connectivity index (χ1) is 19.4. The van der Waals surface area contributed by atoms with Crippen LogP contribution in [-0.4, -0.2) is 65.3 Å². The fourth-order valence-corrected chi connectivity index (χ4v) is 4.02. The summed E-state index contributed by atoms with van der Waals surface area (Å²) < 4.78 is 31.2. The molecule has 0 saturated carbocycles. The number of ether oxygens (including phenoxy) is 3. The molecule has 2 aromatic carbocycles. The predicted octanol–water partition coefficient (Wildman–Crippen LogP) is 4.57. The third-order valence-corrected chi connectivity index (χ3v) is 5.88. The van der Waals surface area contributed by atoms with Gasteiger partial charge in [0.1, 0.15) is 17.5 Å². The topological polar surface area (TPSA) is 141 Å². The van der Waals surface area contributed by atoms with E-state index in [2.05, 4.69) is 15.7 Å². The minimum absolute atomic E-state index is 0.0490. The number of halogens is 1. The Balaban J connectivity index is 1.79. The monoisotopic (exact) mass is 570 g/mol. The number of aromatic nitrogens is 2. The smallest absolute Gasteiger partial charge is 0.407 e. The van der Waals surface area contributed by atoms with Crippen LogP contribution in [0, 0.1) is 5.82 Å². The van der Waals surface area contributed by atoms with E-state index in [1.54, 1.807) is 39.0 Å². The molecule has 0 aliphatic rings. The zero-order valence-corrected chi connectivity index (χ0v) is 23.7. The Morgan fingerprint density at radius 2 is 1.76 bits per heavy atom. The molecule has 0 bridgehead atoms. The van der Waals surface area contributed by atoms with Crippen molar-refractivity contribution in [1.82, 2.24) is 20.4 Å². The number of hydrogen-bond donors (Lipinski definition) is 3. The van der Waals surface area contributed by atoms with E-state index in [9.17, 15) is 23.9 Å². The van der Waals surface area contributed by atoms with E-state index in [1.807, 2.05) is 0 Å². The summed E-state index contributed by atoms with van der Waals surface area (Å²) in [5.74, 6) is -1.49. The molecule has 1 heterocycles. The van der Waals surface area contributed by atoms with Gasteiger partial charge in [0.25, 0.3) is 5.91 Å². The van der Waals surface area contributed by atoms with Crippen molar-refractivity contribution >= 4 is 18.0 Å². The lowest BCUT2D eigenvalue weighted by atomic mass is 10.1. The number of aliphatic carboxylic acids is 1. The van der Waals surface area contributed by atoms with Gasteiger partial charge in [-0.1, -0.05) is 6.07 Å². The number of para-hydroxylation sites is 1. The normalized spacial score (nSPS) is 11.9. The molecule has 3 N–H and O–H groups in total. The molecule has 3 rings (SSSR count). The molecular weight excluding hydrogens is 535 g/mol. The summed E-state index contributed by atoms with van der Waals surface area (Å²) >= 11 is 0. The molecule has 11 nitrogen and oxygen atoms in total. The van der Waals surface area contributed by atoms with E-state index < -0.39 is 35.4 Å². The maximum Gasteiger partial charge on any atom is 0.407 e. The van der Waals surface area contributed by atoms with Crippen LogP contribution in [0.4, 0.5) is 9.18 Å². The summed E-state index contributed by atoms with van der Waals surface area (Å²) in [5, 5.41) is 19.3. The van der Waals surface area contributed by atoms with Crippen LogP contribution >= 0.6 is 0 Å². The zero-order valence-electron chi connectivity index (χ0n) is 23.7. The van der Waals surface area contributed by atoms with Crippen LogP contribution in [0.2, 0.25) is 0 Å². The molecule has 1 atom stereocenters. The number of benzene rings is 2. The van der Waals surface area contributed by atoms with Crippen molar-refractivity contribution in [2.24, 2.45) is 0 Å². The van der Waals surface area contributed by atoms with E-state index in [1.165, 1.54) is 49.2 Å². The van der Waals surface area contributed by atoms with Gasteiger partial charge in [-0.25, -0.2) is 18.7 Å². The number of nitrogens with one attached hydrogen (secondary N) is 2. The quantitative estimate of drug-likeness (QED) is 0.269. The van der Waals surface area contributed by atoms with Crippen LogP contribution in [0.25, 0.3) is 16.9 Å². The molecule has 0 spiro atoms. The number of carboxylic acids is 1. The average Bonchev–Trinajstić information content (AvgIpc) is 3.36. The van der Waals surface area contributed by atoms with E-state index in [-0.39, 0.29) is 12.1 Å². The highest BCUT2D eigenvalue weighted by Gasteiger charge is 2.25. The summed E-state index contributed by atoms with van der Waals surface area (Å²) in [7, 11) is 2.98. The van der Waals surface area contributed by atoms with Gasteiger partial charge in [-0.05, 0) is 82.5 Å². The van der Waals surface area contributed by atoms with E-state index in [4.69, 9.17) is 14.2 Å². The molecule has 0 radical (unpaired) electrons. The van der Waals surface area contributed by atoms with Crippen LogP contribution in [-0.2, 0) is 9.53 Å². The molecule has 1 aromatic heterocycles. The third-order valence-electron chi connectivity index (χ3n) is 5.88. The molecule has 3 aromatic rings. The molecule has 0 aliphatic carbocycles. The van der Waals surface area contributed by atoms with Gasteiger partial charge >= 0.3 is 12.1 Å². The van der Waals surface area contributed by atoms with Crippen molar-refractivity contribution in [3.05, 3.63) is 60.0 Å². The number of hydrogen-bond acceptors (Lipinski definition) is 7. The molecular formula is C29H35FN4O7. The lowest BCUT2D eigenvalue weighted by Crippen LogP contribution is -2.41. The number of methoxy groups -OCH3 is 2. The number of carbonyl (C=O) groups is 3. The van der Waals surface area contributed by atoms with Gasteiger partial charge in [0.05, 0.1) is 25.6 Å². The molecule has 1 unspecified atom stereocenters. The molecule has 0 saturated heterocycles. The minimum Gasteiger partial charge on any atom is -0.493 e. The fourth-order valence-electron chi connectivity index (χ4n) is 4.02. The Morgan fingerprint density at radius 1 is 1.05 bits per heavy atom. The van der Waals surface area contributed by atoms with Crippen LogP contribution in [0.3, 0.4) is 0 Å². The lowest BCUT2D eigenvalue weighted by molar-refractivity contribution is -0.139. The van der Waals surface area contributed by atoms with Gasteiger partial charge in [0, 0.05) is 12.1 Å². The number of amides is 2. The van der Waals surface area contributed by atoms with Crippen molar-refractivity contribution in [2.75, 3.05) is 20.8 Å². The number of carbonyl (C=O) groups excluding carboxylic acids is 2. The van der Waals surface area contributed by atoms with Gasteiger partial charge in [-0.15, -0.1) is 0 Å². The molecule has 2 amide bonds. The van der Waals surface area contributed by atoms with Crippen molar-refractivity contribution < 1.29 is 38.1 Å². The average molecular weight is 571 g/mol. The van der Waals surface area contributed by atoms with Crippen molar-refractivity contribution in [2.45, 2.75) is 51.7 Å². The summed E-state index contributed by atoms with van der Waals surface area (Å²) in [4.78, 5) is 36.9. The highest BCUT2D eigenvalue weighted by Crippen LogP contribution is 2.38. The summed E-state index contributed by atoms with van der Waals surface area (Å²) in [6.45, 7) is 5.56. The number of carboxylic acid groups (broad SMARTS) is 1. The van der Waals surface area contributed by atoms with Crippen LogP contribution in [0.5, 0.6) is 11.5 Å². The van der Waals surface area contributed by atoms with E-state index in [0.29, 0.717) is 47.8 Å². The second kappa shape index (κ2) is 13.6. The number of alkyl carbamates (subject to hydrolysis) is 1. The van der Waals surface area contributed by atoms with Gasteiger partial charge in [0.15, 0.2) is 17.2 Å². The Morgan fingerprint density at radius 3 is 2.37 bits per heavy atom. The molecule has 12 heteroatoms. The SMILES string of the molecule is COc1cccc(-c2cc(C(=O)NC(CCCCNC(=O)OC(C)(C)C)C(=O)O)nn2-c2ccc(F)cc2)c1OC. The van der Waals surface area contributed by atoms with E-state index >= 15 is 0 Å². The molecule has 41 heavy (non-hydrogen) atoms. The Hall–Kier alpha value is -4.61. The summed E-state index contributed by atoms with van der Waals surface area (Å²) in [5.41, 5.74) is 0.793. The highest BCUT2D eigenvalue weighted by atomic mass is 19.1. The maximum atomic E-state index is 13.6. The van der Waals surface area contributed by atoms with Crippen LogP contribution in [0.15, 0.2) is 48.5 Å². The first-order valence-corrected chi connectivity index (χ1v) is 13.0. The Labute approximate surface area is 237 Å². The van der Waals surface area contributed by atoms with Gasteiger partial charge < -0.3 is 30.0 Å². The van der Waals surface area contributed by atoms with Crippen LogP contribution in [0.1, 0.15) is 50.5 Å². The maximum absolute atomic E-state index is 13.6. The number of rotatable bonds is 12. The largest absolute Gasteiger partial charge is 0.493 e. The first kappa shape index (κ1) is 30.9. The van der Waals surface area contributed by atoms with Crippen LogP contribution < -0.4 is 20.1 Å². The van der Waals surface area contributed by atoms with E-state index in [0.717, 1.165) is 0 Å². The molecule has 0 aliphatic heterocycles. The third kappa shape index (κ3) is 8.44. The summed E-state index contributed by atoms with van der Waals surface area (Å²) in [6.07, 6.45) is 0.480. The Bertz CT molecular complexity index is 1370. The van der Waals surface area contributed by atoms with Crippen molar-refractivity contribution in [3.63, 3.8) is 0 Å². The van der Waals surface area contributed by atoms with Gasteiger partial charge in [0.2, 0.25) is 0 Å². The summed E-state index contributed by atoms with van der Waals surface area (Å²) in [6, 6.07) is 11.1. The standard InChI is InChI=1S/C29H35FN4O7/c1-29(2,3)41-28(38)31-16-7-6-10-21(27(36)37)32-26(35)22-17-23(20-9-8-11-24(39-4)25(20)40-5)34(33-22)19-14-12-18(30)13-15-19/h8-9,11-15,17,21H,6-7,10,16H2,1-5H3,(H,31,38)(H,32,35)(H,36,37). The highest BCUT2D eigenvalue weighted by molar-refractivity contribution is 5.96. The van der Waals surface area contributed by atoms with Crippen molar-refractivity contribution in [1.29, 1.82) is 0 Å². The minimum atomic E-state index is -1.20. The van der Waals surface area contributed by atoms with Gasteiger partial charge in [-0.2, -0.15) is 5.10 Å². The fraction of sp³-hybridized carbons (Fsp3) is 0.379. The molecule has 0 fully saturated rings. The first-order valence-electron chi connectivity index (χ1n) is 13.0. The predicted molar refractivity (Wildman–Crippen MR) is 149 cm³/mol. The Kier molecular flexibility index (Phi) is 10.3. The van der Waals surface area contributed by atoms with Crippen molar-refractivity contribution in [3.8, 4) is 28.4 Å². The number of unbranched alkanes of at least 4 members (excludes halogenated alkanes) is 1. The lowest BCUT2D eigenvalue weighted by Gasteiger charge is -2.19. The second-order valence-electron chi connectivity index (χ2n) is 10.1. The van der Waals surface area contributed by atoms with Gasteiger partial charge in [-0.3, -0.25) is 4.79 Å². The number of nitrogens with zero attached hydrogens (tertiary/aromatic N) is 2. The second-order valence-corrected chi connectivity index (χ2v) is 10.1.